The van der Waals surface area contributed by atoms with Crippen molar-refractivity contribution in [2.45, 2.75) is 32.9 Å². The number of aldehydes is 1. The molecule has 0 aliphatic carbocycles. The predicted molar refractivity (Wildman–Crippen MR) is 71.0 cm³/mol. The molecule has 0 aliphatic rings. The highest BCUT2D eigenvalue weighted by molar-refractivity contribution is 5.97. The molecule has 0 amide bonds. The molecule has 0 saturated heterocycles. The Morgan fingerprint density at radius 2 is 2.17 bits per heavy atom. The van der Waals surface area contributed by atoms with Crippen LogP contribution in [0.5, 0.6) is 0 Å². The van der Waals surface area contributed by atoms with E-state index in [0.29, 0.717) is 5.56 Å². The lowest BCUT2D eigenvalue weighted by Crippen LogP contribution is -2.21. The van der Waals surface area contributed by atoms with E-state index in [9.17, 15) is 4.79 Å². The third-order valence-electron chi connectivity index (χ3n) is 3.63. The Hall–Kier alpha value is -1.68. The third kappa shape index (κ3) is 1.82. The van der Waals surface area contributed by atoms with Crippen molar-refractivity contribution in [1.29, 1.82) is 0 Å². The number of pyridine rings is 1. The molecule has 2 atom stereocenters. The second-order valence-electron chi connectivity index (χ2n) is 4.54. The molecule has 96 valence electrons. The number of fused-ring (bicyclic) bond motifs is 1. The molecule has 4 heteroatoms. The molecular weight excluding hydrogens is 228 g/mol. The van der Waals surface area contributed by atoms with Crippen molar-refractivity contribution in [2.75, 3.05) is 7.11 Å². The van der Waals surface area contributed by atoms with Crippen LogP contribution in [0.3, 0.4) is 0 Å². The van der Waals surface area contributed by atoms with Crippen LogP contribution < -0.4 is 0 Å². The molecule has 2 heterocycles. The van der Waals surface area contributed by atoms with Crippen molar-refractivity contribution < 1.29 is 9.53 Å². The number of hydrogen-bond donors (Lipinski definition) is 0. The number of methoxy groups -OCH3 is 1. The summed E-state index contributed by atoms with van der Waals surface area (Å²) in [4.78, 5) is 15.6. The normalized spacial score (nSPS) is 14.7. The van der Waals surface area contributed by atoms with Gasteiger partial charge in [-0.3, -0.25) is 4.79 Å². The summed E-state index contributed by atoms with van der Waals surface area (Å²) < 4.78 is 7.45. The lowest BCUT2D eigenvalue weighted by molar-refractivity contribution is 0.0783. The maximum atomic E-state index is 11.2. The van der Waals surface area contributed by atoms with Gasteiger partial charge in [0, 0.05) is 30.0 Å². The quantitative estimate of drug-likeness (QED) is 0.779. The molecule has 4 nitrogen and oxygen atoms in total. The third-order valence-corrected chi connectivity index (χ3v) is 3.63. The minimum atomic E-state index is 0.0563. The molecule has 0 aliphatic heterocycles. The van der Waals surface area contributed by atoms with E-state index in [0.717, 1.165) is 23.0 Å². The highest BCUT2D eigenvalue weighted by Gasteiger charge is 2.21. The van der Waals surface area contributed by atoms with Gasteiger partial charge in [-0.1, -0.05) is 0 Å². The minimum absolute atomic E-state index is 0.0563. The molecule has 18 heavy (non-hydrogen) atoms. The first-order valence-electron chi connectivity index (χ1n) is 6.05. The van der Waals surface area contributed by atoms with Crippen molar-refractivity contribution in [3.63, 3.8) is 0 Å². The Balaban J connectivity index is 2.70. The highest BCUT2D eigenvalue weighted by atomic mass is 16.5. The smallest absolute Gasteiger partial charge is 0.152 e. The molecule has 0 aromatic carbocycles. The fraction of sp³-hybridized carbons (Fsp3) is 0.429. The van der Waals surface area contributed by atoms with Crippen LogP contribution in [0.4, 0.5) is 0 Å². The Morgan fingerprint density at radius 3 is 2.78 bits per heavy atom. The van der Waals surface area contributed by atoms with Gasteiger partial charge in [0.25, 0.3) is 0 Å². The summed E-state index contributed by atoms with van der Waals surface area (Å²) in [6.07, 6.45) is 2.71. The van der Waals surface area contributed by atoms with Crippen LogP contribution in [0, 0.1) is 6.92 Å². The van der Waals surface area contributed by atoms with Gasteiger partial charge in [0.1, 0.15) is 5.65 Å². The van der Waals surface area contributed by atoms with Gasteiger partial charge in [0.2, 0.25) is 0 Å². The van der Waals surface area contributed by atoms with E-state index in [1.165, 1.54) is 0 Å². The van der Waals surface area contributed by atoms with E-state index in [-0.39, 0.29) is 12.1 Å². The first-order chi connectivity index (χ1) is 8.61. The summed E-state index contributed by atoms with van der Waals surface area (Å²) in [5.41, 5.74) is 2.50. The van der Waals surface area contributed by atoms with Crippen LogP contribution in [0.1, 0.15) is 35.9 Å². The van der Waals surface area contributed by atoms with Gasteiger partial charge in [-0.25, -0.2) is 4.98 Å². The fourth-order valence-electron chi connectivity index (χ4n) is 2.34. The number of carbonyl (C=O) groups is 1. The van der Waals surface area contributed by atoms with E-state index in [1.807, 2.05) is 26.0 Å². The maximum Gasteiger partial charge on any atom is 0.152 e. The highest BCUT2D eigenvalue weighted by Crippen LogP contribution is 2.28. The van der Waals surface area contributed by atoms with Crippen molar-refractivity contribution in [2.24, 2.45) is 0 Å². The summed E-state index contributed by atoms with van der Waals surface area (Å²) in [6.45, 7) is 6.04. The summed E-state index contributed by atoms with van der Waals surface area (Å²) >= 11 is 0. The Bertz CT molecular complexity index is 574. The SMILES string of the molecule is COC(C)C(C)n1c(C)c(C=O)c2cccnc21. The van der Waals surface area contributed by atoms with E-state index in [1.54, 1.807) is 13.3 Å². The van der Waals surface area contributed by atoms with Gasteiger partial charge in [-0.05, 0) is 32.9 Å². The van der Waals surface area contributed by atoms with Crippen LogP contribution in [-0.2, 0) is 4.74 Å². The number of aromatic nitrogens is 2. The Morgan fingerprint density at radius 1 is 1.44 bits per heavy atom. The van der Waals surface area contributed by atoms with Gasteiger partial charge in [0.15, 0.2) is 6.29 Å². The lowest BCUT2D eigenvalue weighted by atomic mass is 10.2. The number of rotatable bonds is 4. The summed E-state index contributed by atoms with van der Waals surface area (Å²) in [7, 11) is 1.69. The molecular formula is C14H18N2O2. The average molecular weight is 246 g/mol. The molecule has 0 spiro atoms. The van der Waals surface area contributed by atoms with Crippen LogP contribution >= 0.6 is 0 Å². The standard InChI is InChI=1S/C14H18N2O2/c1-9(11(3)18-4)16-10(2)13(8-17)12-6-5-7-15-14(12)16/h5-9,11H,1-4H3. The fourth-order valence-corrected chi connectivity index (χ4v) is 2.34. The zero-order valence-corrected chi connectivity index (χ0v) is 11.2. The number of ether oxygens (including phenoxy) is 1. The first kappa shape index (κ1) is 12.8. The van der Waals surface area contributed by atoms with Crippen molar-refractivity contribution >= 4 is 17.3 Å². The molecule has 0 N–H and O–H groups in total. The van der Waals surface area contributed by atoms with Gasteiger partial charge >= 0.3 is 0 Å². The maximum absolute atomic E-state index is 11.2. The van der Waals surface area contributed by atoms with Crippen molar-refractivity contribution in [3.05, 3.63) is 29.6 Å². The monoisotopic (exact) mass is 246 g/mol. The number of hydrogen-bond acceptors (Lipinski definition) is 3. The largest absolute Gasteiger partial charge is 0.380 e. The number of nitrogens with zero attached hydrogens (tertiary/aromatic N) is 2. The van der Waals surface area contributed by atoms with Crippen LogP contribution in [-0.4, -0.2) is 29.1 Å². The second-order valence-corrected chi connectivity index (χ2v) is 4.54. The number of carbonyl (C=O) groups excluding carboxylic acids is 1. The molecule has 0 bridgehead atoms. The lowest BCUT2D eigenvalue weighted by Gasteiger charge is -2.22. The van der Waals surface area contributed by atoms with Gasteiger partial charge < -0.3 is 9.30 Å². The molecule has 0 fully saturated rings. The van der Waals surface area contributed by atoms with Crippen LogP contribution in [0.25, 0.3) is 11.0 Å². The van der Waals surface area contributed by atoms with E-state index < -0.39 is 0 Å². The second kappa shape index (κ2) is 4.90. The molecule has 0 saturated carbocycles. The van der Waals surface area contributed by atoms with Gasteiger partial charge in [-0.15, -0.1) is 0 Å². The van der Waals surface area contributed by atoms with Crippen LogP contribution in [0.15, 0.2) is 18.3 Å². The average Bonchev–Trinajstić information content (AvgIpc) is 2.68. The van der Waals surface area contributed by atoms with Crippen molar-refractivity contribution in [1.82, 2.24) is 9.55 Å². The summed E-state index contributed by atoms with van der Waals surface area (Å²) in [5, 5.41) is 0.903. The first-order valence-corrected chi connectivity index (χ1v) is 6.05. The van der Waals surface area contributed by atoms with E-state index >= 15 is 0 Å². The zero-order valence-electron chi connectivity index (χ0n) is 11.2. The van der Waals surface area contributed by atoms with Crippen molar-refractivity contribution in [3.8, 4) is 0 Å². The van der Waals surface area contributed by atoms with E-state index in [2.05, 4.69) is 16.5 Å². The minimum Gasteiger partial charge on any atom is -0.380 e. The molecule has 0 radical (unpaired) electrons. The molecule has 2 rings (SSSR count). The molecule has 2 unspecified atom stereocenters. The molecule has 2 aromatic rings. The predicted octanol–water partition coefficient (Wildman–Crippen LogP) is 2.75. The van der Waals surface area contributed by atoms with Crippen LogP contribution in [0.2, 0.25) is 0 Å². The topological polar surface area (TPSA) is 44.1 Å². The summed E-state index contributed by atoms with van der Waals surface area (Å²) in [5.74, 6) is 0. The van der Waals surface area contributed by atoms with Gasteiger partial charge in [-0.2, -0.15) is 0 Å². The Kier molecular flexibility index (Phi) is 3.48. The van der Waals surface area contributed by atoms with Gasteiger partial charge in [0.05, 0.1) is 12.1 Å². The Labute approximate surface area is 107 Å². The molecule has 2 aromatic heterocycles. The summed E-state index contributed by atoms with van der Waals surface area (Å²) in [6, 6.07) is 3.91. The van der Waals surface area contributed by atoms with E-state index in [4.69, 9.17) is 4.74 Å². The zero-order chi connectivity index (χ0) is 13.3.